The van der Waals surface area contributed by atoms with Crippen LogP contribution < -0.4 is 5.56 Å². The number of carbonyl (C=O) groups is 1. The van der Waals surface area contributed by atoms with Crippen LogP contribution in [0.4, 0.5) is 4.39 Å². The van der Waals surface area contributed by atoms with E-state index in [-0.39, 0.29) is 35.2 Å². The van der Waals surface area contributed by atoms with Crippen LogP contribution in [0.5, 0.6) is 0 Å². The Kier molecular flexibility index (Phi) is 6.70. The number of piperidine rings is 1. The lowest BCUT2D eigenvalue weighted by atomic mass is 9.90. The van der Waals surface area contributed by atoms with Crippen LogP contribution in [0, 0.1) is 5.82 Å². The summed E-state index contributed by atoms with van der Waals surface area (Å²) in [6, 6.07) is 17.4. The number of halogens is 1. The van der Waals surface area contributed by atoms with Crippen molar-refractivity contribution in [2.45, 2.75) is 44.2 Å². The Morgan fingerprint density at radius 1 is 1.12 bits per heavy atom. The predicted molar refractivity (Wildman–Crippen MR) is 124 cm³/mol. The van der Waals surface area contributed by atoms with Crippen LogP contribution in [0.25, 0.3) is 11.3 Å². The molecule has 4 rings (SSSR count). The van der Waals surface area contributed by atoms with Crippen molar-refractivity contribution in [2.75, 3.05) is 13.1 Å². The molecule has 1 N–H and O–H groups in total. The molecule has 1 fully saturated rings. The molecule has 2 aromatic carbocycles. The highest BCUT2D eigenvalue weighted by Gasteiger charge is 2.34. The number of hydrogen-bond acceptors (Lipinski definition) is 4. The summed E-state index contributed by atoms with van der Waals surface area (Å²) < 4.78 is 15.3. The fraction of sp³-hybridized carbons (Fsp3) is 0.346. The Hall–Kier alpha value is -3.32. The monoisotopic (exact) mass is 449 g/mol. The van der Waals surface area contributed by atoms with Crippen molar-refractivity contribution >= 4 is 5.91 Å². The van der Waals surface area contributed by atoms with Crippen molar-refractivity contribution < 1.29 is 14.3 Å². The molecule has 6 nitrogen and oxygen atoms in total. The molecule has 0 radical (unpaired) electrons. The first kappa shape index (κ1) is 22.9. The van der Waals surface area contributed by atoms with E-state index < -0.39 is 11.4 Å². The predicted octanol–water partition coefficient (Wildman–Crippen LogP) is 3.60. The van der Waals surface area contributed by atoms with Gasteiger partial charge in [-0.05, 0) is 36.5 Å². The van der Waals surface area contributed by atoms with Gasteiger partial charge in [0.05, 0.1) is 24.2 Å². The number of carbonyl (C=O) groups excluding carboxylic acids is 1. The molecule has 0 aliphatic carbocycles. The number of aliphatic hydroxyl groups is 1. The lowest BCUT2D eigenvalue weighted by Gasteiger charge is -2.38. The molecule has 3 aromatic rings. The smallest absolute Gasteiger partial charge is 0.253 e. The van der Waals surface area contributed by atoms with Crippen LogP contribution in [0.15, 0.2) is 71.8 Å². The van der Waals surface area contributed by atoms with E-state index in [9.17, 15) is 19.1 Å². The quantitative estimate of drug-likeness (QED) is 0.624. The molecule has 33 heavy (non-hydrogen) atoms. The highest BCUT2D eigenvalue weighted by molar-refractivity contribution is 5.77. The third-order valence-corrected chi connectivity index (χ3v) is 6.39. The van der Waals surface area contributed by atoms with Gasteiger partial charge in [0.25, 0.3) is 5.56 Å². The second kappa shape index (κ2) is 9.67. The van der Waals surface area contributed by atoms with Gasteiger partial charge in [-0.1, -0.05) is 49.4 Å². The van der Waals surface area contributed by atoms with Gasteiger partial charge in [0.2, 0.25) is 5.91 Å². The van der Waals surface area contributed by atoms with Gasteiger partial charge in [0.15, 0.2) is 0 Å². The van der Waals surface area contributed by atoms with E-state index >= 15 is 0 Å². The zero-order chi connectivity index (χ0) is 23.4. The molecule has 0 saturated carbocycles. The van der Waals surface area contributed by atoms with Crippen LogP contribution in [-0.4, -0.2) is 44.2 Å². The van der Waals surface area contributed by atoms with Gasteiger partial charge < -0.3 is 10.0 Å². The summed E-state index contributed by atoms with van der Waals surface area (Å²) in [7, 11) is 0. The standard InChI is InChI=1S/C26H28FN3O3/c1-19(20-7-3-2-4-8-20)15-24(31)29-13-11-26(33,12-14-29)17-30-18-28-23(16-25(30)32)21-9-5-6-10-22(21)27/h2-10,16,18-19,33H,11-15,17H2,1H3. The second-order valence-electron chi connectivity index (χ2n) is 8.84. The van der Waals surface area contributed by atoms with Gasteiger partial charge in [0, 0.05) is 31.1 Å². The molecular weight excluding hydrogens is 421 g/mol. The lowest BCUT2D eigenvalue weighted by Crippen LogP contribution is -2.49. The Balaban J connectivity index is 1.36. The molecule has 1 saturated heterocycles. The van der Waals surface area contributed by atoms with Gasteiger partial charge in [-0.2, -0.15) is 0 Å². The molecule has 2 heterocycles. The Morgan fingerprint density at radius 3 is 2.45 bits per heavy atom. The molecule has 1 aliphatic rings. The maximum absolute atomic E-state index is 14.0. The van der Waals surface area contributed by atoms with Crippen molar-refractivity contribution in [2.24, 2.45) is 0 Å². The SMILES string of the molecule is CC(CC(=O)N1CCC(O)(Cn2cnc(-c3ccccc3F)cc2=O)CC1)c1ccccc1. The highest BCUT2D eigenvalue weighted by Crippen LogP contribution is 2.26. The third-order valence-electron chi connectivity index (χ3n) is 6.39. The molecule has 1 aliphatic heterocycles. The molecular formula is C26H28FN3O3. The lowest BCUT2D eigenvalue weighted by molar-refractivity contribution is -0.136. The van der Waals surface area contributed by atoms with Crippen LogP contribution >= 0.6 is 0 Å². The normalized spacial score (nSPS) is 16.4. The Bertz CT molecular complexity index is 1170. The molecule has 1 amide bonds. The minimum absolute atomic E-state index is 0.0708. The van der Waals surface area contributed by atoms with Crippen molar-refractivity contribution in [1.29, 1.82) is 0 Å². The maximum Gasteiger partial charge on any atom is 0.253 e. The van der Waals surface area contributed by atoms with E-state index in [1.807, 2.05) is 37.3 Å². The molecule has 172 valence electrons. The summed E-state index contributed by atoms with van der Waals surface area (Å²) >= 11 is 0. The zero-order valence-corrected chi connectivity index (χ0v) is 18.7. The minimum atomic E-state index is -1.10. The van der Waals surface area contributed by atoms with Crippen molar-refractivity contribution in [3.05, 3.63) is 88.7 Å². The van der Waals surface area contributed by atoms with Gasteiger partial charge in [-0.3, -0.25) is 14.2 Å². The first-order valence-corrected chi connectivity index (χ1v) is 11.2. The fourth-order valence-corrected chi connectivity index (χ4v) is 4.30. The number of hydrogen-bond donors (Lipinski definition) is 1. The second-order valence-corrected chi connectivity index (χ2v) is 8.84. The summed E-state index contributed by atoms with van der Waals surface area (Å²) in [5.74, 6) is -0.252. The van der Waals surface area contributed by atoms with Crippen LogP contribution in [0.2, 0.25) is 0 Å². The number of nitrogens with zero attached hydrogens (tertiary/aromatic N) is 3. The van der Waals surface area contributed by atoms with Gasteiger partial charge in [0.1, 0.15) is 5.82 Å². The zero-order valence-electron chi connectivity index (χ0n) is 18.7. The average molecular weight is 450 g/mol. The van der Waals surface area contributed by atoms with Crippen molar-refractivity contribution in [3.8, 4) is 11.3 Å². The van der Waals surface area contributed by atoms with E-state index in [0.29, 0.717) is 32.4 Å². The fourth-order valence-electron chi connectivity index (χ4n) is 4.30. The molecule has 1 unspecified atom stereocenters. The molecule has 1 aromatic heterocycles. The minimum Gasteiger partial charge on any atom is -0.388 e. The topological polar surface area (TPSA) is 75.4 Å². The molecule has 0 bridgehead atoms. The number of aromatic nitrogens is 2. The van der Waals surface area contributed by atoms with E-state index in [1.165, 1.54) is 23.0 Å². The first-order valence-electron chi connectivity index (χ1n) is 11.2. The van der Waals surface area contributed by atoms with Crippen molar-refractivity contribution in [1.82, 2.24) is 14.5 Å². The summed E-state index contributed by atoms with van der Waals surface area (Å²) in [5.41, 5.74) is 0.190. The van der Waals surface area contributed by atoms with Gasteiger partial charge in [-0.15, -0.1) is 0 Å². The number of amides is 1. The van der Waals surface area contributed by atoms with Gasteiger partial charge in [-0.25, -0.2) is 9.37 Å². The molecule has 0 spiro atoms. The van der Waals surface area contributed by atoms with Crippen LogP contribution in [0.3, 0.4) is 0 Å². The number of likely N-dealkylation sites (tertiary alicyclic amines) is 1. The summed E-state index contributed by atoms with van der Waals surface area (Å²) in [6.45, 7) is 3.00. The first-order chi connectivity index (χ1) is 15.8. The third kappa shape index (κ3) is 5.37. The summed E-state index contributed by atoms with van der Waals surface area (Å²) in [6.07, 6.45) is 2.52. The highest BCUT2D eigenvalue weighted by atomic mass is 19.1. The largest absolute Gasteiger partial charge is 0.388 e. The summed E-state index contributed by atoms with van der Waals surface area (Å²) in [4.78, 5) is 31.4. The Labute approximate surface area is 192 Å². The van der Waals surface area contributed by atoms with Gasteiger partial charge >= 0.3 is 0 Å². The van der Waals surface area contributed by atoms with Crippen LogP contribution in [0.1, 0.15) is 37.7 Å². The number of benzene rings is 2. The van der Waals surface area contributed by atoms with E-state index in [1.54, 1.807) is 23.1 Å². The maximum atomic E-state index is 14.0. The average Bonchev–Trinajstić information content (AvgIpc) is 2.81. The van der Waals surface area contributed by atoms with E-state index in [0.717, 1.165) is 5.56 Å². The summed E-state index contributed by atoms with van der Waals surface area (Å²) in [5, 5.41) is 11.1. The molecule has 7 heteroatoms. The van der Waals surface area contributed by atoms with Crippen molar-refractivity contribution in [3.63, 3.8) is 0 Å². The van der Waals surface area contributed by atoms with E-state index in [2.05, 4.69) is 4.98 Å². The molecule has 1 atom stereocenters. The Morgan fingerprint density at radius 2 is 1.79 bits per heavy atom. The van der Waals surface area contributed by atoms with Crippen LogP contribution in [-0.2, 0) is 11.3 Å². The number of rotatable bonds is 6. The van der Waals surface area contributed by atoms with E-state index in [4.69, 9.17) is 0 Å².